The van der Waals surface area contributed by atoms with Gasteiger partial charge in [-0.25, -0.2) is 9.97 Å². The number of hydrogen-bond donors (Lipinski definition) is 0. The van der Waals surface area contributed by atoms with Crippen LogP contribution in [0.25, 0.3) is 90.2 Å². The summed E-state index contributed by atoms with van der Waals surface area (Å²) in [6.45, 7) is 0. The molecule has 2 aliphatic rings. The van der Waals surface area contributed by atoms with Crippen LogP contribution in [0.3, 0.4) is 0 Å². The fourth-order valence-electron chi connectivity index (χ4n) is 9.89. The van der Waals surface area contributed by atoms with Crippen molar-refractivity contribution in [2.24, 2.45) is 0 Å². The van der Waals surface area contributed by atoms with Crippen LogP contribution in [0.2, 0.25) is 0 Å². The van der Waals surface area contributed by atoms with Gasteiger partial charge >= 0.3 is 0 Å². The Morgan fingerprint density at radius 1 is 0.500 bits per heavy atom. The monoisotopic (exact) mass is 695 g/mol. The van der Waals surface area contributed by atoms with E-state index in [0.717, 1.165) is 10.2 Å². The highest BCUT2D eigenvalue weighted by atomic mass is 32.1. The summed E-state index contributed by atoms with van der Waals surface area (Å²) in [7, 11) is 0. The fourth-order valence-corrected chi connectivity index (χ4v) is 12.4. The summed E-state index contributed by atoms with van der Waals surface area (Å²) >= 11 is 3.70. The number of hydrogen-bond acceptors (Lipinski definition) is 4. The molecule has 5 heteroatoms. The van der Waals surface area contributed by atoms with E-state index in [1.807, 2.05) is 28.9 Å². The van der Waals surface area contributed by atoms with Crippen molar-refractivity contribution in [2.45, 2.75) is 5.41 Å². The maximum absolute atomic E-state index is 4.88. The number of aromatic nitrogens is 3. The lowest BCUT2D eigenvalue weighted by molar-refractivity contribution is 0.792. The van der Waals surface area contributed by atoms with Crippen molar-refractivity contribution in [3.63, 3.8) is 0 Å². The van der Waals surface area contributed by atoms with Crippen LogP contribution >= 0.6 is 22.7 Å². The van der Waals surface area contributed by atoms with Crippen molar-refractivity contribution in [3.8, 4) is 27.9 Å². The smallest absolute Gasteiger partial charge is 0.116 e. The van der Waals surface area contributed by atoms with Gasteiger partial charge in [0.1, 0.15) is 6.33 Å². The van der Waals surface area contributed by atoms with Crippen LogP contribution in [-0.4, -0.2) is 14.5 Å². The van der Waals surface area contributed by atoms with Gasteiger partial charge in [-0.2, -0.15) is 0 Å². The predicted molar refractivity (Wildman–Crippen MR) is 218 cm³/mol. The van der Waals surface area contributed by atoms with E-state index in [1.54, 1.807) is 6.33 Å². The van der Waals surface area contributed by atoms with Gasteiger partial charge in [-0.3, -0.25) is 0 Å². The summed E-state index contributed by atoms with van der Waals surface area (Å²) in [4.78, 5) is 9.32. The highest BCUT2D eigenvalue weighted by Gasteiger charge is 2.51. The average molecular weight is 696 g/mol. The van der Waals surface area contributed by atoms with Crippen molar-refractivity contribution in [1.82, 2.24) is 14.5 Å². The van der Waals surface area contributed by atoms with E-state index in [-0.39, 0.29) is 0 Å². The third kappa shape index (κ3) is 3.11. The Bertz CT molecular complexity index is 3290. The van der Waals surface area contributed by atoms with E-state index < -0.39 is 5.41 Å². The summed E-state index contributed by atoms with van der Waals surface area (Å²) in [6, 6.07) is 52.3. The molecule has 11 aromatic rings. The van der Waals surface area contributed by atoms with Crippen molar-refractivity contribution in [1.29, 1.82) is 0 Å². The van der Waals surface area contributed by atoms with E-state index in [4.69, 9.17) is 4.98 Å². The van der Waals surface area contributed by atoms with Crippen LogP contribution < -0.4 is 0 Å². The van der Waals surface area contributed by atoms with Gasteiger partial charge in [-0.05, 0) is 68.8 Å². The van der Waals surface area contributed by atoms with Gasteiger partial charge in [-0.15, -0.1) is 22.7 Å². The maximum atomic E-state index is 4.88. The number of fused-ring (bicyclic) bond motifs is 22. The Morgan fingerprint density at radius 2 is 1.08 bits per heavy atom. The molecule has 3 nitrogen and oxygen atoms in total. The Kier molecular flexibility index (Phi) is 5.08. The van der Waals surface area contributed by atoms with Gasteiger partial charge in [0.05, 0.1) is 26.7 Å². The molecule has 4 aromatic heterocycles. The first-order valence-corrected chi connectivity index (χ1v) is 19.3. The molecule has 4 heterocycles. The Morgan fingerprint density at radius 3 is 1.81 bits per heavy atom. The number of rotatable bonds is 1. The number of nitrogens with zero attached hydrogens (tertiary/aromatic N) is 3. The maximum Gasteiger partial charge on any atom is 0.116 e. The lowest BCUT2D eigenvalue weighted by atomic mass is 9.70. The first-order valence-electron chi connectivity index (χ1n) is 17.6. The van der Waals surface area contributed by atoms with Crippen molar-refractivity contribution in [2.75, 3.05) is 0 Å². The average Bonchev–Trinajstić information content (AvgIpc) is 3.99. The summed E-state index contributed by atoms with van der Waals surface area (Å²) in [5.41, 5.74) is 15.0. The van der Waals surface area contributed by atoms with E-state index in [0.29, 0.717) is 0 Å². The van der Waals surface area contributed by atoms with Gasteiger partial charge < -0.3 is 4.57 Å². The molecule has 1 spiro atoms. The van der Waals surface area contributed by atoms with Crippen LogP contribution in [0.1, 0.15) is 22.3 Å². The fraction of sp³-hybridized carbons (Fsp3) is 0.0213. The molecule has 0 unspecified atom stereocenters. The predicted octanol–water partition coefficient (Wildman–Crippen LogP) is 12.7. The van der Waals surface area contributed by atoms with Crippen molar-refractivity contribution in [3.05, 3.63) is 174 Å². The first-order chi connectivity index (χ1) is 25.8. The summed E-state index contributed by atoms with van der Waals surface area (Å²) in [5, 5.41) is 6.38. The minimum atomic E-state index is -0.407. The molecule has 2 aliphatic carbocycles. The first kappa shape index (κ1) is 27.6. The molecule has 0 saturated carbocycles. The topological polar surface area (TPSA) is 30.7 Å². The second-order valence-corrected chi connectivity index (χ2v) is 16.1. The third-order valence-electron chi connectivity index (χ3n) is 11.8. The van der Waals surface area contributed by atoms with Crippen LogP contribution in [-0.2, 0) is 5.41 Å². The molecule has 0 amide bonds. The highest BCUT2D eigenvalue weighted by Crippen LogP contribution is 2.63. The minimum Gasteiger partial charge on any atom is -0.309 e. The molecule has 240 valence electrons. The normalized spacial score (nSPS) is 13.9. The van der Waals surface area contributed by atoms with Crippen LogP contribution in [0.5, 0.6) is 0 Å². The van der Waals surface area contributed by atoms with Gasteiger partial charge in [-0.1, -0.05) is 115 Å². The highest BCUT2D eigenvalue weighted by molar-refractivity contribution is 7.30. The molecule has 0 radical (unpaired) electrons. The molecule has 52 heavy (non-hydrogen) atoms. The Labute approximate surface area is 305 Å². The molecular weight excluding hydrogens is 671 g/mol. The summed E-state index contributed by atoms with van der Waals surface area (Å²) in [5.74, 6) is 0. The lowest BCUT2D eigenvalue weighted by Gasteiger charge is -2.30. The van der Waals surface area contributed by atoms with Crippen LogP contribution in [0, 0.1) is 0 Å². The molecule has 0 atom stereocenters. The number of para-hydroxylation sites is 1. The molecule has 0 bridgehead atoms. The summed E-state index contributed by atoms with van der Waals surface area (Å²) in [6.07, 6.45) is 3.67. The van der Waals surface area contributed by atoms with Crippen molar-refractivity contribution >= 4 is 85.0 Å². The second-order valence-electron chi connectivity index (χ2n) is 14.0. The van der Waals surface area contributed by atoms with E-state index in [9.17, 15) is 0 Å². The number of thiophene rings is 2. The second kappa shape index (κ2) is 9.59. The zero-order valence-electron chi connectivity index (χ0n) is 27.6. The largest absolute Gasteiger partial charge is 0.309 e. The Hall–Kier alpha value is -6.14. The van der Waals surface area contributed by atoms with Gasteiger partial charge in [0.15, 0.2) is 0 Å². The standard InChI is InChI=1S/C47H25N3S2/c1-6-16-33-27(11-1)28-12-2-7-17-34(28)47(33)35-18-8-3-13-29(35)30-22-21-26(23-36(30)47)50-37-19-9-4-14-31(37)40-44(50)41-32-15-5-10-20-38(32)51-46(41)42-43-39(52-45(40)42)24-48-25-49-43/h1-25H. The molecular formula is C47H25N3S2. The summed E-state index contributed by atoms with van der Waals surface area (Å²) < 4.78 is 7.55. The van der Waals surface area contributed by atoms with E-state index >= 15 is 0 Å². The van der Waals surface area contributed by atoms with E-state index in [2.05, 4.69) is 149 Å². The molecule has 0 N–H and O–H groups in total. The molecule has 7 aromatic carbocycles. The van der Waals surface area contributed by atoms with E-state index in [1.165, 1.54) is 102 Å². The molecule has 13 rings (SSSR count). The van der Waals surface area contributed by atoms with Gasteiger partial charge in [0.25, 0.3) is 0 Å². The third-order valence-corrected chi connectivity index (χ3v) is 14.1. The Balaban J connectivity index is 1.23. The lowest BCUT2D eigenvalue weighted by Crippen LogP contribution is -2.26. The van der Waals surface area contributed by atoms with Gasteiger partial charge in [0.2, 0.25) is 0 Å². The quantitative estimate of drug-likeness (QED) is 0.171. The zero-order chi connectivity index (χ0) is 33.7. The number of benzene rings is 7. The SMILES string of the molecule is c1ccc2c(c1)-c1ccccc1C21c2ccccc2-c2ccc(-n3c4ccccc4c4c5sc6cncnc6c5c5sc6ccccc6c5c43)cc21. The van der Waals surface area contributed by atoms with Crippen LogP contribution in [0.15, 0.2) is 152 Å². The van der Waals surface area contributed by atoms with Gasteiger partial charge in [0, 0.05) is 52.9 Å². The molecule has 0 fully saturated rings. The minimum absolute atomic E-state index is 0.407. The molecule has 0 saturated heterocycles. The molecule has 0 aliphatic heterocycles. The van der Waals surface area contributed by atoms with Crippen LogP contribution in [0.4, 0.5) is 0 Å². The van der Waals surface area contributed by atoms with Crippen molar-refractivity contribution < 1.29 is 0 Å². The zero-order valence-corrected chi connectivity index (χ0v) is 29.2.